The summed E-state index contributed by atoms with van der Waals surface area (Å²) in [6, 6.07) is 3.36. The highest BCUT2D eigenvalue weighted by atomic mass is 79.9. The van der Waals surface area contributed by atoms with Crippen molar-refractivity contribution in [2.75, 3.05) is 6.54 Å². The molecule has 1 aliphatic heterocycles. The molecule has 0 aromatic heterocycles. The van der Waals surface area contributed by atoms with Crippen LogP contribution in [0.3, 0.4) is 0 Å². The largest absolute Gasteiger partial charge is 0.506 e. The highest BCUT2D eigenvalue weighted by molar-refractivity contribution is 9.11. The van der Waals surface area contributed by atoms with E-state index < -0.39 is 5.97 Å². The van der Waals surface area contributed by atoms with Crippen LogP contribution in [0, 0.1) is 0 Å². The lowest BCUT2D eigenvalue weighted by Crippen LogP contribution is -2.30. The number of thioether (sulfide) groups is 1. The summed E-state index contributed by atoms with van der Waals surface area (Å²) in [5.74, 6) is -1.34. The number of carboxylic acids is 1. The SMILES string of the molecule is O=C(O)CCN1C(=O)/C(=C\c2cc(Br)cc(Br)c2O)SC1=S. The number of carboxylic acid groups (broad SMARTS) is 1. The molecule has 0 atom stereocenters. The fraction of sp³-hybridized carbons (Fsp3) is 0.154. The van der Waals surface area contributed by atoms with Crippen molar-refractivity contribution in [1.29, 1.82) is 0 Å². The van der Waals surface area contributed by atoms with Gasteiger partial charge in [0.05, 0.1) is 15.8 Å². The number of carbonyl (C=O) groups excluding carboxylic acids is 1. The molecule has 0 bridgehead atoms. The van der Waals surface area contributed by atoms with Gasteiger partial charge >= 0.3 is 5.97 Å². The number of aliphatic carboxylic acids is 1. The maximum Gasteiger partial charge on any atom is 0.305 e. The number of benzene rings is 1. The first-order chi connectivity index (χ1) is 10.3. The average molecular weight is 467 g/mol. The summed E-state index contributed by atoms with van der Waals surface area (Å²) >= 11 is 12.7. The van der Waals surface area contributed by atoms with E-state index in [1.165, 1.54) is 11.0 Å². The molecular weight excluding hydrogens is 458 g/mol. The average Bonchev–Trinajstić information content (AvgIpc) is 2.68. The highest BCUT2D eigenvalue weighted by Gasteiger charge is 2.32. The zero-order valence-electron chi connectivity index (χ0n) is 10.9. The van der Waals surface area contributed by atoms with Gasteiger partial charge in [0.2, 0.25) is 0 Å². The number of aromatic hydroxyl groups is 1. The molecule has 1 amide bonds. The molecule has 1 aromatic carbocycles. The minimum atomic E-state index is -0.994. The maximum absolute atomic E-state index is 12.3. The molecule has 1 aromatic rings. The number of phenolic OH excluding ortho intramolecular Hbond substituents is 1. The zero-order chi connectivity index (χ0) is 16.4. The molecule has 1 aliphatic rings. The highest BCUT2D eigenvalue weighted by Crippen LogP contribution is 2.37. The lowest BCUT2D eigenvalue weighted by Gasteiger charge is -2.12. The molecule has 2 N–H and O–H groups in total. The van der Waals surface area contributed by atoms with Crippen molar-refractivity contribution in [3.05, 3.63) is 31.5 Å². The van der Waals surface area contributed by atoms with E-state index in [2.05, 4.69) is 31.9 Å². The third-order valence-electron chi connectivity index (χ3n) is 2.77. The predicted molar refractivity (Wildman–Crippen MR) is 95.6 cm³/mol. The van der Waals surface area contributed by atoms with Gasteiger partial charge in [0, 0.05) is 16.6 Å². The lowest BCUT2D eigenvalue weighted by molar-refractivity contribution is -0.137. The van der Waals surface area contributed by atoms with Crippen molar-refractivity contribution < 1.29 is 19.8 Å². The molecule has 22 heavy (non-hydrogen) atoms. The molecule has 0 aliphatic carbocycles. The van der Waals surface area contributed by atoms with E-state index in [0.29, 0.717) is 19.3 Å². The number of hydrogen-bond donors (Lipinski definition) is 2. The van der Waals surface area contributed by atoms with Gasteiger partial charge in [-0.1, -0.05) is 39.9 Å². The third-order valence-corrected chi connectivity index (χ3v) is 5.21. The van der Waals surface area contributed by atoms with Crippen molar-refractivity contribution in [2.45, 2.75) is 6.42 Å². The van der Waals surface area contributed by atoms with E-state index in [0.717, 1.165) is 16.2 Å². The van der Waals surface area contributed by atoms with E-state index in [9.17, 15) is 14.7 Å². The van der Waals surface area contributed by atoms with Crippen LogP contribution in [0.1, 0.15) is 12.0 Å². The van der Waals surface area contributed by atoms with Gasteiger partial charge in [0.15, 0.2) is 0 Å². The Hall–Kier alpha value is -0.900. The molecule has 0 spiro atoms. The Bertz CT molecular complexity index is 706. The first-order valence-corrected chi connectivity index (χ1v) is 8.76. The second kappa shape index (κ2) is 7.12. The standard InChI is InChI=1S/C13H9Br2NO4S2/c14-7-3-6(11(19)8(15)5-7)4-9-12(20)16(13(21)22-9)2-1-10(17)18/h3-5,19H,1-2H2,(H,17,18)/b9-4+. The summed E-state index contributed by atoms with van der Waals surface area (Å²) in [5, 5.41) is 18.7. The maximum atomic E-state index is 12.3. The quantitative estimate of drug-likeness (QED) is 0.521. The summed E-state index contributed by atoms with van der Waals surface area (Å²) in [5.41, 5.74) is 0.458. The summed E-state index contributed by atoms with van der Waals surface area (Å²) in [6.07, 6.45) is 1.36. The Balaban J connectivity index is 2.29. The number of phenols is 1. The Kier molecular flexibility index (Phi) is 5.65. The van der Waals surface area contributed by atoms with Gasteiger partial charge in [-0.05, 0) is 34.1 Å². The molecular formula is C13H9Br2NO4S2. The normalized spacial score (nSPS) is 16.6. The summed E-state index contributed by atoms with van der Waals surface area (Å²) in [7, 11) is 0. The van der Waals surface area contributed by atoms with Crippen LogP contribution in [0.15, 0.2) is 26.0 Å². The molecule has 1 fully saturated rings. The van der Waals surface area contributed by atoms with Gasteiger partial charge in [0.1, 0.15) is 10.1 Å². The smallest absolute Gasteiger partial charge is 0.305 e. The minimum absolute atomic E-state index is 0.0130. The second-order valence-corrected chi connectivity index (χ2v) is 7.75. The molecule has 0 radical (unpaired) electrons. The number of amides is 1. The number of rotatable bonds is 4. The van der Waals surface area contributed by atoms with Gasteiger partial charge in [0.25, 0.3) is 5.91 Å². The summed E-state index contributed by atoms with van der Waals surface area (Å²) < 4.78 is 1.55. The fourth-order valence-electron chi connectivity index (χ4n) is 1.74. The monoisotopic (exact) mass is 465 g/mol. The van der Waals surface area contributed by atoms with Gasteiger partial charge in [-0.3, -0.25) is 14.5 Å². The van der Waals surface area contributed by atoms with E-state index in [1.54, 1.807) is 12.1 Å². The van der Waals surface area contributed by atoms with Crippen molar-refractivity contribution in [2.24, 2.45) is 0 Å². The minimum Gasteiger partial charge on any atom is -0.506 e. The first kappa shape index (κ1) is 17.5. The molecule has 1 heterocycles. The molecule has 5 nitrogen and oxygen atoms in total. The van der Waals surface area contributed by atoms with Crippen molar-refractivity contribution in [3.63, 3.8) is 0 Å². The van der Waals surface area contributed by atoms with E-state index in [1.807, 2.05) is 0 Å². The van der Waals surface area contributed by atoms with Crippen molar-refractivity contribution in [1.82, 2.24) is 4.90 Å². The molecule has 9 heteroatoms. The first-order valence-electron chi connectivity index (χ1n) is 5.94. The Morgan fingerprint density at radius 3 is 2.73 bits per heavy atom. The fourth-order valence-corrected chi connectivity index (χ4v) is 4.30. The molecule has 2 rings (SSSR count). The van der Waals surface area contributed by atoms with Gasteiger partial charge in [-0.2, -0.15) is 0 Å². The van der Waals surface area contributed by atoms with Crippen LogP contribution in [0.4, 0.5) is 0 Å². The van der Waals surface area contributed by atoms with Gasteiger partial charge < -0.3 is 10.2 Å². The van der Waals surface area contributed by atoms with Crippen LogP contribution in [0.25, 0.3) is 6.08 Å². The predicted octanol–water partition coefficient (Wildman–Crippen LogP) is 3.59. The Morgan fingerprint density at radius 2 is 2.09 bits per heavy atom. The van der Waals surface area contributed by atoms with Crippen LogP contribution < -0.4 is 0 Å². The van der Waals surface area contributed by atoms with Gasteiger partial charge in [-0.15, -0.1) is 0 Å². The van der Waals surface area contributed by atoms with Crippen molar-refractivity contribution in [3.8, 4) is 5.75 Å². The topological polar surface area (TPSA) is 77.8 Å². The van der Waals surface area contributed by atoms with E-state index in [-0.39, 0.29) is 24.6 Å². The number of carbonyl (C=O) groups is 2. The summed E-state index contributed by atoms with van der Waals surface area (Å²) in [6.45, 7) is 0.0332. The van der Waals surface area contributed by atoms with Crippen LogP contribution in [-0.4, -0.2) is 37.9 Å². The lowest BCUT2D eigenvalue weighted by atomic mass is 10.2. The van der Waals surface area contributed by atoms with Crippen LogP contribution in [0.2, 0.25) is 0 Å². The third kappa shape index (κ3) is 3.89. The van der Waals surface area contributed by atoms with Crippen LogP contribution in [0.5, 0.6) is 5.75 Å². The Labute approximate surface area is 152 Å². The number of thiocarbonyl (C=S) groups is 1. The Morgan fingerprint density at radius 1 is 1.41 bits per heavy atom. The van der Waals surface area contributed by atoms with Crippen molar-refractivity contribution >= 4 is 78.1 Å². The second-order valence-electron chi connectivity index (χ2n) is 4.30. The number of hydrogen-bond acceptors (Lipinski definition) is 5. The van der Waals surface area contributed by atoms with E-state index in [4.69, 9.17) is 17.3 Å². The molecule has 1 saturated heterocycles. The molecule has 116 valence electrons. The zero-order valence-corrected chi connectivity index (χ0v) is 15.7. The summed E-state index contributed by atoms with van der Waals surface area (Å²) in [4.78, 5) is 24.5. The number of halogens is 2. The van der Waals surface area contributed by atoms with E-state index >= 15 is 0 Å². The number of nitrogens with zero attached hydrogens (tertiary/aromatic N) is 1. The van der Waals surface area contributed by atoms with Crippen LogP contribution >= 0.6 is 55.8 Å². The van der Waals surface area contributed by atoms with Crippen LogP contribution in [-0.2, 0) is 9.59 Å². The van der Waals surface area contributed by atoms with Gasteiger partial charge in [-0.25, -0.2) is 0 Å². The molecule has 0 saturated carbocycles. The molecule has 0 unspecified atom stereocenters.